The average molecular weight is 412 g/mol. The number of anilines is 1. The molecule has 3 amide bonds. The second-order valence-electron chi connectivity index (χ2n) is 7.99. The van der Waals surface area contributed by atoms with Crippen molar-refractivity contribution in [1.82, 2.24) is 10.2 Å². The van der Waals surface area contributed by atoms with Crippen molar-refractivity contribution in [2.45, 2.75) is 39.0 Å². The van der Waals surface area contributed by atoms with E-state index in [2.05, 4.69) is 10.6 Å². The number of hydrogen-bond acceptors (Lipinski definition) is 4. The Balaban J connectivity index is 1.60. The number of halogens is 1. The minimum Gasteiger partial charge on any atom is -0.328 e. The summed E-state index contributed by atoms with van der Waals surface area (Å²) in [5.41, 5.74) is 7.07. The predicted molar refractivity (Wildman–Crippen MR) is 111 cm³/mol. The number of hydrogen-bond donors (Lipinski definition) is 3. The van der Waals surface area contributed by atoms with E-state index in [4.69, 9.17) is 5.73 Å². The van der Waals surface area contributed by atoms with Crippen molar-refractivity contribution in [2.75, 3.05) is 5.32 Å². The van der Waals surface area contributed by atoms with E-state index in [1.165, 1.54) is 12.1 Å². The van der Waals surface area contributed by atoms with Crippen molar-refractivity contribution in [1.29, 1.82) is 0 Å². The second kappa shape index (κ2) is 8.62. The number of nitrogens with zero attached hydrogens (tertiary/aromatic N) is 1. The second-order valence-corrected chi connectivity index (χ2v) is 7.99. The molecule has 0 unspecified atom stereocenters. The van der Waals surface area contributed by atoms with Gasteiger partial charge in [-0.1, -0.05) is 19.9 Å². The summed E-state index contributed by atoms with van der Waals surface area (Å²) in [6.07, 6.45) is 0.859. The molecule has 2 aromatic rings. The molecule has 0 aromatic heterocycles. The van der Waals surface area contributed by atoms with Crippen molar-refractivity contribution < 1.29 is 18.8 Å². The number of nitrogens with two attached hydrogens (primary N) is 1. The van der Waals surface area contributed by atoms with Gasteiger partial charge in [0.1, 0.15) is 11.5 Å². The van der Waals surface area contributed by atoms with Crippen molar-refractivity contribution >= 4 is 23.9 Å². The number of aldehydes is 1. The molecule has 0 saturated heterocycles. The third-order valence-corrected chi connectivity index (χ3v) is 4.88. The van der Waals surface area contributed by atoms with E-state index in [9.17, 15) is 18.8 Å². The normalized spacial score (nSPS) is 14.8. The lowest BCUT2D eigenvalue weighted by atomic mass is 9.99. The van der Waals surface area contributed by atoms with Crippen LogP contribution in [0.2, 0.25) is 0 Å². The van der Waals surface area contributed by atoms with Crippen molar-refractivity contribution in [3.63, 3.8) is 0 Å². The molecule has 2 aromatic carbocycles. The van der Waals surface area contributed by atoms with E-state index in [1.54, 1.807) is 35.2 Å². The Hall–Kier alpha value is -3.26. The molecule has 7 nitrogen and oxygen atoms in total. The highest BCUT2D eigenvalue weighted by Gasteiger charge is 2.28. The van der Waals surface area contributed by atoms with E-state index < -0.39 is 11.6 Å². The molecule has 1 aliphatic heterocycles. The van der Waals surface area contributed by atoms with Gasteiger partial charge in [-0.05, 0) is 59.9 Å². The van der Waals surface area contributed by atoms with E-state index in [-0.39, 0.29) is 17.8 Å². The van der Waals surface area contributed by atoms with Crippen LogP contribution in [-0.4, -0.2) is 28.8 Å². The number of urea groups is 1. The van der Waals surface area contributed by atoms with Gasteiger partial charge in [-0.25, -0.2) is 9.18 Å². The summed E-state index contributed by atoms with van der Waals surface area (Å²) in [4.78, 5) is 37.8. The fourth-order valence-electron chi connectivity index (χ4n) is 3.50. The summed E-state index contributed by atoms with van der Waals surface area (Å²) >= 11 is 0. The molecule has 0 saturated carbocycles. The Morgan fingerprint density at radius 1 is 1.17 bits per heavy atom. The quantitative estimate of drug-likeness (QED) is 0.501. The van der Waals surface area contributed by atoms with Gasteiger partial charge in [0, 0.05) is 24.3 Å². The Kier molecular flexibility index (Phi) is 6.17. The van der Waals surface area contributed by atoms with Crippen LogP contribution < -0.4 is 16.4 Å². The number of rotatable bonds is 6. The smallest absolute Gasteiger partial charge is 0.322 e. The molecule has 0 aliphatic carbocycles. The first-order valence-corrected chi connectivity index (χ1v) is 9.70. The summed E-state index contributed by atoms with van der Waals surface area (Å²) in [5, 5.41) is 5.32. The van der Waals surface area contributed by atoms with Crippen molar-refractivity contribution in [3.05, 3.63) is 65.0 Å². The van der Waals surface area contributed by atoms with Crippen LogP contribution in [0, 0.1) is 11.7 Å². The number of fused-ring (bicyclic) bond motifs is 1. The number of nitrogens with one attached hydrogen (secondary N) is 2. The molecular weight excluding hydrogens is 387 g/mol. The lowest BCUT2D eigenvalue weighted by Crippen LogP contribution is -2.58. The van der Waals surface area contributed by atoms with Gasteiger partial charge in [0.15, 0.2) is 6.29 Å². The van der Waals surface area contributed by atoms with E-state index in [0.29, 0.717) is 37.0 Å². The Morgan fingerprint density at radius 2 is 1.83 bits per heavy atom. The first-order chi connectivity index (χ1) is 14.2. The van der Waals surface area contributed by atoms with Crippen LogP contribution in [0.15, 0.2) is 42.5 Å². The Bertz CT molecular complexity index is 961. The molecule has 30 heavy (non-hydrogen) atoms. The van der Waals surface area contributed by atoms with Gasteiger partial charge in [0.2, 0.25) is 0 Å². The minimum atomic E-state index is -1.43. The van der Waals surface area contributed by atoms with Gasteiger partial charge in [0.25, 0.3) is 5.91 Å². The van der Waals surface area contributed by atoms with E-state index in [0.717, 1.165) is 11.1 Å². The average Bonchev–Trinajstić information content (AvgIpc) is 3.11. The topological polar surface area (TPSA) is 105 Å². The van der Waals surface area contributed by atoms with Gasteiger partial charge in [-0.2, -0.15) is 0 Å². The zero-order chi connectivity index (χ0) is 21.9. The maximum Gasteiger partial charge on any atom is 0.322 e. The van der Waals surface area contributed by atoms with Gasteiger partial charge >= 0.3 is 6.03 Å². The van der Waals surface area contributed by atoms with Crippen LogP contribution in [0.5, 0.6) is 0 Å². The summed E-state index contributed by atoms with van der Waals surface area (Å²) in [6, 6.07) is 10.5. The van der Waals surface area contributed by atoms with Crippen LogP contribution in [0.25, 0.3) is 0 Å². The number of amides is 3. The molecule has 0 bridgehead atoms. The molecule has 1 atom stereocenters. The molecule has 158 valence electrons. The van der Waals surface area contributed by atoms with Gasteiger partial charge in [0.05, 0.1) is 0 Å². The first kappa shape index (κ1) is 21.4. The lowest BCUT2D eigenvalue weighted by molar-refractivity contribution is -0.113. The zero-order valence-corrected chi connectivity index (χ0v) is 16.9. The maximum atomic E-state index is 13.3. The molecule has 1 aliphatic rings. The number of benzene rings is 2. The fourth-order valence-corrected chi connectivity index (χ4v) is 3.50. The molecule has 3 rings (SSSR count). The minimum absolute atomic E-state index is 0.131. The highest BCUT2D eigenvalue weighted by molar-refractivity contribution is 5.97. The summed E-state index contributed by atoms with van der Waals surface area (Å²) in [6.45, 7) is 4.55. The SMILES string of the molecule is CC(C)C[C@](N)(C=O)NC(=O)c1ccc(NC(=O)N2Cc3ccc(F)cc3C2)cc1. The van der Waals surface area contributed by atoms with Crippen LogP contribution in [0.4, 0.5) is 14.9 Å². The van der Waals surface area contributed by atoms with Gasteiger partial charge < -0.3 is 21.3 Å². The van der Waals surface area contributed by atoms with Gasteiger partial charge in [-0.3, -0.25) is 9.59 Å². The highest BCUT2D eigenvalue weighted by Crippen LogP contribution is 2.24. The first-order valence-electron chi connectivity index (χ1n) is 9.70. The predicted octanol–water partition coefficient (Wildman–Crippen LogP) is 3.00. The van der Waals surface area contributed by atoms with E-state index in [1.807, 2.05) is 13.8 Å². The third kappa shape index (κ3) is 5.01. The Morgan fingerprint density at radius 3 is 2.47 bits per heavy atom. The summed E-state index contributed by atoms with van der Waals surface area (Å²) < 4.78 is 13.3. The van der Waals surface area contributed by atoms with Crippen molar-refractivity contribution in [3.8, 4) is 0 Å². The lowest BCUT2D eigenvalue weighted by Gasteiger charge is -2.26. The van der Waals surface area contributed by atoms with Crippen LogP contribution in [-0.2, 0) is 17.9 Å². The number of carbonyl (C=O) groups excluding carboxylic acids is 3. The largest absolute Gasteiger partial charge is 0.328 e. The van der Waals surface area contributed by atoms with E-state index >= 15 is 0 Å². The molecular formula is C22H25FN4O3. The molecule has 0 spiro atoms. The van der Waals surface area contributed by atoms with Crippen LogP contribution >= 0.6 is 0 Å². The van der Waals surface area contributed by atoms with Crippen LogP contribution in [0.1, 0.15) is 41.8 Å². The highest BCUT2D eigenvalue weighted by atomic mass is 19.1. The molecule has 0 fully saturated rings. The molecule has 8 heteroatoms. The monoisotopic (exact) mass is 412 g/mol. The number of carbonyl (C=O) groups is 3. The van der Waals surface area contributed by atoms with Crippen LogP contribution in [0.3, 0.4) is 0 Å². The summed E-state index contributed by atoms with van der Waals surface area (Å²) in [5.74, 6) is -0.666. The Labute approximate surface area is 174 Å². The standard InChI is InChI=1S/C22H25FN4O3/c1-14(2)10-22(24,13-28)26-20(29)15-4-7-19(8-5-15)25-21(30)27-11-16-3-6-18(23)9-17(16)12-27/h3-9,13-14H,10-12,24H2,1-2H3,(H,25,30)(H,26,29)/t22-/m1/s1. The molecule has 4 N–H and O–H groups in total. The third-order valence-electron chi connectivity index (χ3n) is 4.88. The zero-order valence-electron chi connectivity index (χ0n) is 16.9. The van der Waals surface area contributed by atoms with Crippen molar-refractivity contribution in [2.24, 2.45) is 11.7 Å². The van der Waals surface area contributed by atoms with Gasteiger partial charge in [-0.15, -0.1) is 0 Å². The molecule has 1 heterocycles. The fraction of sp³-hybridized carbons (Fsp3) is 0.318. The summed E-state index contributed by atoms with van der Waals surface area (Å²) in [7, 11) is 0. The maximum absolute atomic E-state index is 13.3. The molecule has 0 radical (unpaired) electrons.